The van der Waals surface area contributed by atoms with Crippen LogP contribution >= 0.6 is 23.2 Å². The molecule has 0 bridgehead atoms. The predicted octanol–water partition coefficient (Wildman–Crippen LogP) is 4.47. The fourth-order valence-corrected chi connectivity index (χ4v) is 2.34. The zero-order valence-corrected chi connectivity index (χ0v) is 13.0. The van der Waals surface area contributed by atoms with Crippen molar-refractivity contribution in [1.82, 2.24) is 0 Å². The van der Waals surface area contributed by atoms with Crippen LogP contribution in [0.3, 0.4) is 0 Å². The number of hydrogen-bond acceptors (Lipinski definition) is 3. The molecule has 0 heterocycles. The fourth-order valence-electron chi connectivity index (χ4n) is 1.88. The van der Waals surface area contributed by atoms with E-state index in [9.17, 15) is 9.59 Å². The minimum Gasteiger partial charge on any atom is -0.485 e. The van der Waals surface area contributed by atoms with Crippen molar-refractivity contribution in [1.29, 1.82) is 0 Å². The first-order valence-electron chi connectivity index (χ1n) is 6.39. The Balaban J connectivity index is 2.33. The molecule has 112 valence electrons. The number of carbonyl (C=O) groups excluding carboxylic acids is 2. The highest BCUT2D eigenvalue weighted by atomic mass is 35.5. The van der Waals surface area contributed by atoms with Gasteiger partial charge in [-0.15, -0.1) is 0 Å². The van der Waals surface area contributed by atoms with Gasteiger partial charge < -0.3 is 4.74 Å². The maximum Gasteiger partial charge on any atom is 0.194 e. The number of ketones is 1. The number of Topliss-reactive ketones (excluding diaryl/α,β-unsaturated/α-hetero) is 1. The number of halogens is 2. The summed E-state index contributed by atoms with van der Waals surface area (Å²) >= 11 is 12.2. The van der Waals surface area contributed by atoms with Gasteiger partial charge in [-0.25, -0.2) is 0 Å². The van der Waals surface area contributed by atoms with Crippen LogP contribution in [0.2, 0.25) is 10.0 Å². The van der Waals surface area contributed by atoms with E-state index in [1.165, 1.54) is 12.1 Å². The number of allylic oxidation sites excluding steroid dienone is 1. The van der Waals surface area contributed by atoms with E-state index in [1.54, 1.807) is 12.1 Å². The number of rotatable bonds is 6. The molecule has 5 heteroatoms. The van der Waals surface area contributed by atoms with Crippen LogP contribution in [-0.2, 0) is 4.79 Å². The SMILES string of the molecule is C=C(C(=O)c1ccc(OCC=O)c(Cl)c1Cl)c1ccccc1. The molecule has 0 N–H and O–H groups in total. The summed E-state index contributed by atoms with van der Waals surface area (Å²) < 4.78 is 5.13. The second kappa shape index (κ2) is 7.25. The third-order valence-corrected chi connectivity index (χ3v) is 3.86. The summed E-state index contributed by atoms with van der Waals surface area (Å²) in [4.78, 5) is 22.8. The van der Waals surface area contributed by atoms with Crippen molar-refractivity contribution in [3.8, 4) is 5.75 Å². The highest BCUT2D eigenvalue weighted by Gasteiger charge is 2.19. The standard InChI is InChI=1S/C17H12Cl2O3/c1-11(12-5-3-2-4-6-12)17(21)13-7-8-14(22-10-9-20)16(19)15(13)18/h2-9H,1,10H2. The van der Waals surface area contributed by atoms with E-state index < -0.39 is 0 Å². The normalized spacial score (nSPS) is 10.1. The zero-order chi connectivity index (χ0) is 16.1. The molecule has 0 radical (unpaired) electrons. The molecule has 22 heavy (non-hydrogen) atoms. The second-order valence-electron chi connectivity index (χ2n) is 4.39. The molecule has 3 nitrogen and oxygen atoms in total. The van der Waals surface area contributed by atoms with Crippen LogP contribution in [0.25, 0.3) is 5.57 Å². The molecule has 0 saturated carbocycles. The van der Waals surface area contributed by atoms with E-state index in [1.807, 2.05) is 18.2 Å². The van der Waals surface area contributed by atoms with Crippen LogP contribution in [0.5, 0.6) is 5.75 Å². The molecule has 0 aliphatic carbocycles. The van der Waals surface area contributed by atoms with Crippen molar-refractivity contribution in [2.24, 2.45) is 0 Å². The van der Waals surface area contributed by atoms with Gasteiger partial charge in [0.1, 0.15) is 17.4 Å². The van der Waals surface area contributed by atoms with Crippen molar-refractivity contribution in [3.05, 3.63) is 70.2 Å². The number of hydrogen-bond donors (Lipinski definition) is 0. The lowest BCUT2D eigenvalue weighted by Gasteiger charge is -2.11. The van der Waals surface area contributed by atoms with Crippen molar-refractivity contribution < 1.29 is 14.3 Å². The average molecular weight is 335 g/mol. The van der Waals surface area contributed by atoms with Gasteiger partial charge in [0.25, 0.3) is 0 Å². The lowest BCUT2D eigenvalue weighted by Crippen LogP contribution is -2.04. The predicted molar refractivity (Wildman–Crippen MR) is 87.8 cm³/mol. The van der Waals surface area contributed by atoms with Gasteiger partial charge in [-0.3, -0.25) is 9.59 Å². The van der Waals surface area contributed by atoms with Crippen molar-refractivity contribution in [3.63, 3.8) is 0 Å². The molecule has 2 rings (SSSR count). The molecular formula is C17H12Cl2O3. The van der Waals surface area contributed by atoms with E-state index in [2.05, 4.69) is 6.58 Å². The number of carbonyl (C=O) groups is 2. The summed E-state index contributed by atoms with van der Waals surface area (Å²) in [6, 6.07) is 12.1. The fraction of sp³-hybridized carbons (Fsp3) is 0.0588. The molecule has 0 unspecified atom stereocenters. The first-order chi connectivity index (χ1) is 10.6. The lowest BCUT2D eigenvalue weighted by molar-refractivity contribution is -0.109. The number of aldehydes is 1. The van der Waals surface area contributed by atoms with Gasteiger partial charge in [0.15, 0.2) is 12.1 Å². The van der Waals surface area contributed by atoms with E-state index in [-0.39, 0.29) is 33.7 Å². The van der Waals surface area contributed by atoms with E-state index in [0.29, 0.717) is 17.4 Å². The maximum atomic E-state index is 12.5. The summed E-state index contributed by atoms with van der Waals surface area (Å²) in [5.41, 5.74) is 1.26. The Hall–Kier alpha value is -2.10. The maximum absolute atomic E-state index is 12.5. The molecule has 0 amide bonds. The minimum absolute atomic E-state index is 0.0761. The quantitative estimate of drug-likeness (QED) is 0.444. The molecule has 0 aromatic heterocycles. The van der Waals surface area contributed by atoms with E-state index in [4.69, 9.17) is 27.9 Å². The third-order valence-electron chi connectivity index (χ3n) is 2.99. The van der Waals surface area contributed by atoms with Crippen LogP contribution in [-0.4, -0.2) is 18.7 Å². The summed E-state index contributed by atoms with van der Waals surface area (Å²) in [5, 5.41) is 0.169. The van der Waals surface area contributed by atoms with Crippen LogP contribution < -0.4 is 4.74 Å². The van der Waals surface area contributed by atoms with Gasteiger partial charge in [0, 0.05) is 11.1 Å². The van der Waals surface area contributed by atoms with Crippen molar-refractivity contribution in [2.75, 3.05) is 6.61 Å². The molecular weight excluding hydrogens is 323 g/mol. The summed E-state index contributed by atoms with van der Waals surface area (Å²) in [6.45, 7) is 3.68. The van der Waals surface area contributed by atoms with Gasteiger partial charge in [-0.1, -0.05) is 60.1 Å². The third kappa shape index (κ3) is 3.38. The molecule has 2 aromatic carbocycles. The topological polar surface area (TPSA) is 43.4 Å². The average Bonchev–Trinajstić information content (AvgIpc) is 2.56. The second-order valence-corrected chi connectivity index (χ2v) is 5.15. The summed E-state index contributed by atoms with van der Waals surface area (Å²) in [5.74, 6) is -0.0688. The molecule has 0 aliphatic heterocycles. The Morgan fingerprint density at radius 1 is 1.09 bits per heavy atom. The Morgan fingerprint density at radius 2 is 1.77 bits per heavy atom. The van der Waals surface area contributed by atoms with Crippen molar-refractivity contribution >= 4 is 40.8 Å². The minimum atomic E-state index is -0.319. The first kappa shape index (κ1) is 16.3. The van der Waals surface area contributed by atoms with E-state index >= 15 is 0 Å². The molecule has 0 atom stereocenters. The molecule has 0 spiro atoms. The Morgan fingerprint density at radius 3 is 2.41 bits per heavy atom. The van der Waals surface area contributed by atoms with Crippen LogP contribution in [0, 0.1) is 0 Å². The smallest absolute Gasteiger partial charge is 0.194 e. The molecule has 0 saturated heterocycles. The van der Waals surface area contributed by atoms with Crippen LogP contribution in [0.1, 0.15) is 15.9 Å². The van der Waals surface area contributed by atoms with Crippen LogP contribution in [0.15, 0.2) is 49.0 Å². The van der Waals surface area contributed by atoms with Gasteiger partial charge in [0.05, 0.1) is 5.02 Å². The van der Waals surface area contributed by atoms with Gasteiger partial charge >= 0.3 is 0 Å². The highest BCUT2D eigenvalue weighted by molar-refractivity contribution is 6.46. The Kier molecular flexibility index (Phi) is 5.36. The number of benzene rings is 2. The summed E-state index contributed by atoms with van der Waals surface area (Å²) in [6.07, 6.45) is 0.598. The first-order valence-corrected chi connectivity index (χ1v) is 7.15. The van der Waals surface area contributed by atoms with Crippen molar-refractivity contribution in [2.45, 2.75) is 0 Å². The van der Waals surface area contributed by atoms with Gasteiger partial charge in [0.2, 0.25) is 0 Å². The molecule has 0 fully saturated rings. The van der Waals surface area contributed by atoms with Crippen LogP contribution in [0.4, 0.5) is 0 Å². The van der Waals surface area contributed by atoms with Gasteiger partial charge in [-0.05, 0) is 17.7 Å². The van der Waals surface area contributed by atoms with E-state index in [0.717, 1.165) is 0 Å². The summed E-state index contributed by atoms with van der Waals surface area (Å²) in [7, 11) is 0. The Bertz CT molecular complexity index is 724. The monoisotopic (exact) mass is 334 g/mol. The highest BCUT2D eigenvalue weighted by Crippen LogP contribution is 2.36. The lowest BCUT2D eigenvalue weighted by atomic mass is 9.98. The zero-order valence-electron chi connectivity index (χ0n) is 11.5. The van der Waals surface area contributed by atoms with Gasteiger partial charge in [-0.2, -0.15) is 0 Å². The molecule has 2 aromatic rings. The largest absolute Gasteiger partial charge is 0.485 e. The number of ether oxygens (including phenoxy) is 1. The molecule has 0 aliphatic rings. The Labute approximate surface area is 138 Å².